The first kappa shape index (κ1) is 10.8. The Kier molecular flexibility index (Phi) is 3.06. The number of hydrogen-bond donors (Lipinski definition) is 3. The highest BCUT2D eigenvalue weighted by atomic mass is 16.6. The molecular weight excluding hydrogens is 202 g/mol. The molecule has 1 rings (SSSR count). The van der Waals surface area contributed by atoms with Crippen molar-refractivity contribution in [3.05, 3.63) is 27.8 Å². The SMILES string of the molecule is CN/N=C/c1cc([N+](=O)[O-])c(O)cc1O. The van der Waals surface area contributed by atoms with E-state index < -0.39 is 16.4 Å². The lowest BCUT2D eigenvalue weighted by Crippen LogP contribution is -1.96. The van der Waals surface area contributed by atoms with Gasteiger partial charge in [-0.15, -0.1) is 0 Å². The van der Waals surface area contributed by atoms with E-state index in [9.17, 15) is 15.2 Å². The number of benzene rings is 1. The van der Waals surface area contributed by atoms with Gasteiger partial charge < -0.3 is 15.6 Å². The van der Waals surface area contributed by atoms with E-state index in [-0.39, 0.29) is 11.3 Å². The van der Waals surface area contributed by atoms with Crippen LogP contribution >= 0.6 is 0 Å². The summed E-state index contributed by atoms with van der Waals surface area (Å²) in [5, 5.41) is 32.5. The molecule has 0 bridgehead atoms. The Balaban J connectivity index is 3.23. The van der Waals surface area contributed by atoms with E-state index in [4.69, 9.17) is 5.11 Å². The fourth-order valence-electron chi connectivity index (χ4n) is 0.966. The number of nitro groups is 1. The molecular formula is C8H9N3O4. The van der Waals surface area contributed by atoms with Crippen LogP contribution in [0.25, 0.3) is 0 Å². The maximum absolute atomic E-state index is 10.5. The summed E-state index contributed by atoms with van der Waals surface area (Å²) in [6.45, 7) is 0. The molecule has 0 aliphatic heterocycles. The molecule has 0 saturated heterocycles. The third-order valence-electron chi connectivity index (χ3n) is 1.65. The zero-order valence-corrected chi connectivity index (χ0v) is 7.84. The van der Waals surface area contributed by atoms with Gasteiger partial charge in [0.25, 0.3) is 0 Å². The van der Waals surface area contributed by atoms with Crippen molar-refractivity contribution in [2.75, 3.05) is 7.05 Å². The monoisotopic (exact) mass is 211 g/mol. The number of hydrazone groups is 1. The normalized spacial score (nSPS) is 10.5. The van der Waals surface area contributed by atoms with Crippen LogP contribution in [0.3, 0.4) is 0 Å². The maximum Gasteiger partial charge on any atom is 0.311 e. The minimum Gasteiger partial charge on any atom is -0.507 e. The summed E-state index contributed by atoms with van der Waals surface area (Å²) in [4.78, 5) is 9.72. The van der Waals surface area contributed by atoms with Crippen LogP contribution in [0.4, 0.5) is 5.69 Å². The average Bonchev–Trinajstić information content (AvgIpc) is 2.16. The molecule has 0 unspecified atom stereocenters. The van der Waals surface area contributed by atoms with Crippen LogP contribution in [0.2, 0.25) is 0 Å². The third-order valence-corrected chi connectivity index (χ3v) is 1.65. The number of phenolic OH excluding ortho intramolecular Hbond substituents is 2. The summed E-state index contributed by atoms with van der Waals surface area (Å²) in [5.74, 6) is -0.865. The maximum atomic E-state index is 10.5. The molecule has 0 aliphatic rings. The van der Waals surface area contributed by atoms with Crippen molar-refractivity contribution in [3.63, 3.8) is 0 Å². The van der Waals surface area contributed by atoms with Gasteiger partial charge in [-0.2, -0.15) is 5.10 Å². The second-order valence-electron chi connectivity index (χ2n) is 2.64. The van der Waals surface area contributed by atoms with Crippen molar-refractivity contribution in [3.8, 4) is 11.5 Å². The van der Waals surface area contributed by atoms with Gasteiger partial charge >= 0.3 is 5.69 Å². The summed E-state index contributed by atoms with van der Waals surface area (Å²) in [6, 6.07) is 1.93. The largest absolute Gasteiger partial charge is 0.507 e. The summed E-state index contributed by atoms with van der Waals surface area (Å²) in [7, 11) is 1.54. The summed E-state index contributed by atoms with van der Waals surface area (Å²) in [6.07, 6.45) is 1.21. The number of rotatable bonds is 3. The predicted molar refractivity (Wildman–Crippen MR) is 53.1 cm³/mol. The van der Waals surface area contributed by atoms with Gasteiger partial charge in [-0.3, -0.25) is 10.1 Å². The zero-order chi connectivity index (χ0) is 11.4. The second kappa shape index (κ2) is 4.27. The van der Waals surface area contributed by atoms with Gasteiger partial charge in [-0.05, 0) is 0 Å². The Labute approximate surface area is 84.8 Å². The first-order valence-corrected chi connectivity index (χ1v) is 3.96. The van der Waals surface area contributed by atoms with E-state index in [1.54, 1.807) is 7.05 Å². The molecule has 0 atom stereocenters. The van der Waals surface area contributed by atoms with Crippen molar-refractivity contribution in [1.82, 2.24) is 5.43 Å². The number of hydrogen-bond acceptors (Lipinski definition) is 6. The summed E-state index contributed by atoms with van der Waals surface area (Å²) < 4.78 is 0. The molecule has 3 N–H and O–H groups in total. The Morgan fingerprint density at radius 3 is 2.67 bits per heavy atom. The molecule has 80 valence electrons. The fraction of sp³-hybridized carbons (Fsp3) is 0.125. The number of phenols is 2. The van der Waals surface area contributed by atoms with Crippen LogP contribution in [-0.4, -0.2) is 28.4 Å². The lowest BCUT2D eigenvalue weighted by Gasteiger charge is -2.00. The number of aromatic hydroxyl groups is 2. The van der Waals surface area contributed by atoms with E-state index in [2.05, 4.69) is 10.5 Å². The fourth-order valence-corrected chi connectivity index (χ4v) is 0.966. The van der Waals surface area contributed by atoms with Crippen LogP contribution in [0.15, 0.2) is 17.2 Å². The number of nitrogens with zero attached hydrogens (tertiary/aromatic N) is 2. The van der Waals surface area contributed by atoms with Crippen molar-refractivity contribution in [2.24, 2.45) is 5.10 Å². The Morgan fingerprint density at radius 2 is 2.13 bits per heavy atom. The van der Waals surface area contributed by atoms with Crippen LogP contribution in [-0.2, 0) is 0 Å². The smallest absolute Gasteiger partial charge is 0.311 e. The summed E-state index contributed by atoms with van der Waals surface area (Å²) >= 11 is 0. The highest BCUT2D eigenvalue weighted by Gasteiger charge is 2.16. The van der Waals surface area contributed by atoms with E-state index in [0.29, 0.717) is 0 Å². The van der Waals surface area contributed by atoms with Crippen molar-refractivity contribution in [2.45, 2.75) is 0 Å². The third kappa shape index (κ3) is 2.33. The molecule has 7 nitrogen and oxygen atoms in total. The van der Waals surface area contributed by atoms with Gasteiger partial charge in [0.15, 0.2) is 5.75 Å². The molecule has 1 aromatic rings. The quantitative estimate of drug-likeness (QED) is 0.384. The lowest BCUT2D eigenvalue weighted by molar-refractivity contribution is -0.385. The van der Waals surface area contributed by atoms with Crippen LogP contribution in [0.5, 0.6) is 11.5 Å². The molecule has 0 radical (unpaired) electrons. The van der Waals surface area contributed by atoms with Gasteiger partial charge in [0.1, 0.15) is 5.75 Å². The molecule has 0 fully saturated rings. The van der Waals surface area contributed by atoms with Gasteiger partial charge in [-0.25, -0.2) is 0 Å². The highest BCUT2D eigenvalue weighted by molar-refractivity contribution is 5.85. The first-order valence-electron chi connectivity index (χ1n) is 3.96. The molecule has 0 amide bonds. The van der Waals surface area contributed by atoms with Gasteiger partial charge in [-0.1, -0.05) is 0 Å². The lowest BCUT2D eigenvalue weighted by atomic mass is 10.2. The Hall–Kier alpha value is -2.31. The predicted octanol–water partition coefficient (Wildman–Crippen LogP) is 0.559. The van der Waals surface area contributed by atoms with E-state index in [1.807, 2.05) is 0 Å². The topological polar surface area (TPSA) is 108 Å². The zero-order valence-electron chi connectivity index (χ0n) is 7.84. The Bertz CT molecular complexity index is 417. The first-order chi connectivity index (χ1) is 7.06. The van der Waals surface area contributed by atoms with Crippen molar-refractivity contribution < 1.29 is 15.1 Å². The van der Waals surface area contributed by atoms with Crippen molar-refractivity contribution >= 4 is 11.9 Å². The minimum absolute atomic E-state index is 0.147. The molecule has 15 heavy (non-hydrogen) atoms. The van der Waals surface area contributed by atoms with Crippen LogP contribution in [0, 0.1) is 10.1 Å². The number of nitrogens with one attached hydrogen (secondary N) is 1. The highest BCUT2D eigenvalue weighted by Crippen LogP contribution is 2.31. The van der Waals surface area contributed by atoms with Gasteiger partial charge in [0, 0.05) is 24.7 Å². The molecule has 1 aromatic carbocycles. The molecule has 0 spiro atoms. The van der Waals surface area contributed by atoms with Gasteiger partial charge in [0.05, 0.1) is 11.1 Å². The molecule has 0 aromatic heterocycles. The van der Waals surface area contributed by atoms with E-state index in [1.165, 1.54) is 6.21 Å². The molecule has 0 saturated carbocycles. The Morgan fingerprint density at radius 1 is 1.47 bits per heavy atom. The standard InChI is InChI=1S/C8H9N3O4/c1-9-10-4-5-2-6(11(14)15)8(13)3-7(5)12/h2-4,9,12-13H,1H3/b10-4+. The molecule has 7 heteroatoms. The van der Waals surface area contributed by atoms with Crippen LogP contribution in [0.1, 0.15) is 5.56 Å². The number of nitro benzene ring substituents is 1. The van der Waals surface area contributed by atoms with E-state index in [0.717, 1.165) is 12.1 Å². The molecule has 0 aliphatic carbocycles. The van der Waals surface area contributed by atoms with Crippen molar-refractivity contribution in [1.29, 1.82) is 0 Å². The minimum atomic E-state index is -0.745. The van der Waals surface area contributed by atoms with Gasteiger partial charge in [0.2, 0.25) is 0 Å². The molecule has 0 heterocycles. The van der Waals surface area contributed by atoms with E-state index >= 15 is 0 Å². The average molecular weight is 211 g/mol. The summed E-state index contributed by atoms with van der Waals surface area (Å²) in [5.41, 5.74) is 2.10. The second-order valence-corrected chi connectivity index (χ2v) is 2.64. The van der Waals surface area contributed by atoms with Crippen LogP contribution < -0.4 is 5.43 Å².